The number of nitrogens with one attached hydrogen (secondary N) is 1. The van der Waals surface area contributed by atoms with E-state index in [0.717, 1.165) is 12.1 Å². The Morgan fingerprint density at radius 3 is 2.67 bits per heavy atom. The van der Waals surface area contributed by atoms with E-state index in [1.54, 1.807) is 30.3 Å². The van der Waals surface area contributed by atoms with Gasteiger partial charge in [-0.25, -0.2) is 4.39 Å². The second-order valence-corrected chi connectivity index (χ2v) is 4.87. The Balaban J connectivity index is 2.26. The van der Waals surface area contributed by atoms with Gasteiger partial charge in [-0.15, -0.1) is 0 Å². The fourth-order valence-electron chi connectivity index (χ4n) is 2.38. The van der Waals surface area contributed by atoms with Crippen molar-refractivity contribution in [1.29, 1.82) is 0 Å². The molecule has 0 aliphatic rings. The van der Waals surface area contributed by atoms with Crippen LogP contribution in [0.25, 0.3) is 0 Å². The number of ether oxygens (including phenoxy) is 1. The minimum atomic E-state index is -0.291. The highest BCUT2D eigenvalue weighted by Crippen LogP contribution is 2.25. The average Bonchev–Trinajstić information content (AvgIpc) is 2.47. The van der Waals surface area contributed by atoms with Gasteiger partial charge < -0.3 is 15.2 Å². The molecule has 0 amide bonds. The summed E-state index contributed by atoms with van der Waals surface area (Å²) in [5, 5.41) is 12.8. The van der Waals surface area contributed by atoms with E-state index in [9.17, 15) is 9.50 Å². The van der Waals surface area contributed by atoms with Crippen molar-refractivity contribution in [2.75, 3.05) is 13.7 Å². The number of rotatable bonds is 6. The smallest absolute Gasteiger partial charge is 0.131 e. The van der Waals surface area contributed by atoms with Crippen LogP contribution < -0.4 is 10.1 Å². The van der Waals surface area contributed by atoms with Gasteiger partial charge >= 0.3 is 0 Å². The van der Waals surface area contributed by atoms with Crippen molar-refractivity contribution >= 4 is 0 Å². The number of benzene rings is 2. The second kappa shape index (κ2) is 7.09. The highest BCUT2D eigenvalue weighted by atomic mass is 19.1. The largest absolute Gasteiger partial charge is 0.508 e. The van der Waals surface area contributed by atoms with Crippen LogP contribution in [-0.2, 0) is 6.42 Å². The summed E-state index contributed by atoms with van der Waals surface area (Å²) in [4.78, 5) is 0. The third kappa shape index (κ3) is 3.95. The Morgan fingerprint density at radius 1 is 1.24 bits per heavy atom. The fraction of sp³-hybridized carbons (Fsp3) is 0.294. The van der Waals surface area contributed by atoms with Gasteiger partial charge in [-0.2, -0.15) is 0 Å². The van der Waals surface area contributed by atoms with Crippen molar-refractivity contribution in [2.45, 2.75) is 19.4 Å². The molecule has 0 spiro atoms. The Morgan fingerprint density at radius 2 is 2.05 bits per heavy atom. The van der Waals surface area contributed by atoms with Crippen molar-refractivity contribution < 1.29 is 14.2 Å². The van der Waals surface area contributed by atoms with Gasteiger partial charge in [0.15, 0.2) is 0 Å². The van der Waals surface area contributed by atoms with E-state index in [1.165, 1.54) is 13.2 Å². The van der Waals surface area contributed by atoms with Crippen LogP contribution in [0, 0.1) is 5.82 Å². The van der Waals surface area contributed by atoms with E-state index in [2.05, 4.69) is 5.32 Å². The normalized spacial score (nSPS) is 12.1. The molecule has 0 aliphatic heterocycles. The van der Waals surface area contributed by atoms with Gasteiger partial charge in [0, 0.05) is 17.7 Å². The first-order valence-corrected chi connectivity index (χ1v) is 6.98. The van der Waals surface area contributed by atoms with Crippen LogP contribution in [-0.4, -0.2) is 18.8 Å². The molecule has 4 heteroatoms. The van der Waals surface area contributed by atoms with Gasteiger partial charge in [-0.05, 0) is 36.7 Å². The number of methoxy groups -OCH3 is 1. The number of hydrogen-bond donors (Lipinski definition) is 2. The molecule has 0 aliphatic carbocycles. The molecule has 21 heavy (non-hydrogen) atoms. The van der Waals surface area contributed by atoms with Gasteiger partial charge in [-0.3, -0.25) is 0 Å². The molecule has 2 aromatic rings. The summed E-state index contributed by atoms with van der Waals surface area (Å²) in [6, 6.07) is 11.8. The van der Waals surface area contributed by atoms with Gasteiger partial charge in [-0.1, -0.05) is 25.1 Å². The second-order valence-electron chi connectivity index (χ2n) is 4.87. The third-order valence-corrected chi connectivity index (χ3v) is 3.38. The average molecular weight is 289 g/mol. The van der Waals surface area contributed by atoms with E-state index < -0.39 is 0 Å². The highest BCUT2D eigenvalue weighted by Gasteiger charge is 2.16. The van der Waals surface area contributed by atoms with Crippen LogP contribution in [0.4, 0.5) is 4.39 Å². The van der Waals surface area contributed by atoms with Crippen LogP contribution in [0.1, 0.15) is 24.1 Å². The minimum absolute atomic E-state index is 0.150. The molecule has 0 bridgehead atoms. The summed E-state index contributed by atoms with van der Waals surface area (Å²) in [5.41, 5.74) is 1.55. The maximum Gasteiger partial charge on any atom is 0.131 e. The van der Waals surface area contributed by atoms with Crippen molar-refractivity contribution in [3.63, 3.8) is 0 Å². The van der Waals surface area contributed by atoms with Crippen LogP contribution in [0.15, 0.2) is 42.5 Å². The summed E-state index contributed by atoms with van der Waals surface area (Å²) < 4.78 is 19.3. The van der Waals surface area contributed by atoms with Crippen LogP contribution >= 0.6 is 0 Å². The summed E-state index contributed by atoms with van der Waals surface area (Å²) in [6.07, 6.45) is 0.603. The molecule has 112 valence electrons. The van der Waals surface area contributed by atoms with E-state index in [1.807, 2.05) is 13.0 Å². The maximum atomic E-state index is 14.2. The predicted octanol–water partition coefficient (Wildman–Crippen LogP) is 3.43. The van der Waals surface area contributed by atoms with Crippen molar-refractivity contribution in [2.24, 2.45) is 0 Å². The number of phenolic OH excluding ortho intramolecular Hbond substituents is 1. The monoisotopic (exact) mass is 289 g/mol. The lowest BCUT2D eigenvalue weighted by Crippen LogP contribution is -2.24. The molecule has 1 unspecified atom stereocenters. The van der Waals surface area contributed by atoms with Gasteiger partial charge in [0.2, 0.25) is 0 Å². The Kier molecular flexibility index (Phi) is 5.17. The molecule has 1 atom stereocenters. The van der Waals surface area contributed by atoms with Crippen molar-refractivity contribution in [3.8, 4) is 11.5 Å². The molecule has 0 radical (unpaired) electrons. The zero-order valence-corrected chi connectivity index (χ0v) is 12.3. The molecule has 2 aromatic carbocycles. The molecule has 2 rings (SSSR count). The van der Waals surface area contributed by atoms with Crippen LogP contribution in [0.3, 0.4) is 0 Å². The highest BCUT2D eigenvalue weighted by molar-refractivity contribution is 5.33. The number of hydrogen-bond acceptors (Lipinski definition) is 3. The summed E-state index contributed by atoms with van der Waals surface area (Å²) in [5.74, 6) is 0.433. The zero-order chi connectivity index (χ0) is 15.2. The van der Waals surface area contributed by atoms with Gasteiger partial charge in [0.05, 0.1) is 7.11 Å². The standard InChI is InChI=1S/C17H20FNO2/c1-3-19-17(10-12-5-4-6-13(20)9-12)15-8-7-14(21-2)11-16(15)18/h4-9,11,17,19-20H,3,10H2,1-2H3. The molecule has 0 aromatic heterocycles. The summed E-state index contributed by atoms with van der Waals surface area (Å²) >= 11 is 0. The molecule has 0 heterocycles. The van der Waals surface area contributed by atoms with E-state index in [-0.39, 0.29) is 17.6 Å². The lowest BCUT2D eigenvalue weighted by atomic mass is 9.98. The van der Waals surface area contributed by atoms with Gasteiger partial charge in [0.1, 0.15) is 17.3 Å². The lowest BCUT2D eigenvalue weighted by Gasteiger charge is -2.19. The Labute approximate surface area is 124 Å². The molecule has 0 saturated carbocycles. The number of halogens is 1. The quantitative estimate of drug-likeness (QED) is 0.856. The van der Waals surface area contributed by atoms with Crippen molar-refractivity contribution in [1.82, 2.24) is 5.32 Å². The Bertz CT molecular complexity index is 601. The minimum Gasteiger partial charge on any atom is -0.508 e. The summed E-state index contributed by atoms with van der Waals surface area (Å²) in [7, 11) is 1.52. The van der Waals surface area contributed by atoms with Crippen LogP contribution in [0.5, 0.6) is 11.5 Å². The van der Waals surface area contributed by atoms with E-state index in [4.69, 9.17) is 4.74 Å². The molecular formula is C17H20FNO2. The first-order chi connectivity index (χ1) is 10.1. The number of likely N-dealkylation sites (N-methyl/N-ethyl adjacent to an activating group) is 1. The molecular weight excluding hydrogens is 269 g/mol. The molecule has 0 fully saturated rings. The van der Waals surface area contributed by atoms with E-state index >= 15 is 0 Å². The predicted molar refractivity (Wildman–Crippen MR) is 81.2 cm³/mol. The van der Waals surface area contributed by atoms with Gasteiger partial charge in [0.25, 0.3) is 0 Å². The van der Waals surface area contributed by atoms with E-state index in [0.29, 0.717) is 17.7 Å². The zero-order valence-electron chi connectivity index (χ0n) is 12.3. The fourth-order valence-corrected chi connectivity index (χ4v) is 2.38. The first-order valence-electron chi connectivity index (χ1n) is 6.98. The van der Waals surface area contributed by atoms with Crippen LogP contribution in [0.2, 0.25) is 0 Å². The number of phenols is 1. The summed E-state index contributed by atoms with van der Waals surface area (Å²) in [6.45, 7) is 2.71. The molecule has 0 saturated heterocycles. The maximum absolute atomic E-state index is 14.2. The Hall–Kier alpha value is -2.07. The number of aromatic hydroxyl groups is 1. The SMILES string of the molecule is CCNC(Cc1cccc(O)c1)c1ccc(OC)cc1F. The van der Waals surface area contributed by atoms with Crippen molar-refractivity contribution in [3.05, 3.63) is 59.4 Å². The third-order valence-electron chi connectivity index (χ3n) is 3.38. The topological polar surface area (TPSA) is 41.5 Å². The lowest BCUT2D eigenvalue weighted by molar-refractivity contribution is 0.409. The molecule has 3 nitrogen and oxygen atoms in total. The molecule has 2 N–H and O–H groups in total. The first kappa shape index (κ1) is 15.3.